The number of amides is 1. The number of hydrogen-bond acceptors (Lipinski definition) is 3. The number of nitrogens with one attached hydrogen (secondary N) is 2. The summed E-state index contributed by atoms with van der Waals surface area (Å²) < 4.78 is 25.4. The summed E-state index contributed by atoms with van der Waals surface area (Å²) in [5, 5.41) is 2.95. The number of sulfonamides is 1. The van der Waals surface area contributed by atoms with Gasteiger partial charge in [0.15, 0.2) is 0 Å². The molecule has 1 atom stereocenters. The number of benzene rings is 2. The minimum absolute atomic E-state index is 0.156. The highest BCUT2D eigenvalue weighted by Gasteiger charge is 2.14. The molecule has 2 aromatic rings. The lowest BCUT2D eigenvalue weighted by Crippen LogP contribution is -2.26. The normalized spacial score (nSPS) is 12.7. The quantitative estimate of drug-likeness (QED) is 0.803. The molecule has 0 aliphatic carbocycles. The van der Waals surface area contributed by atoms with Crippen molar-refractivity contribution in [1.29, 1.82) is 0 Å². The molecule has 26 heavy (non-hydrogen) atoms. The number of hydrogen-bond donors (Lipinski definition) is 2. The summed E-state index contributed by atoms with van der Waals surface area (Å²) in [6.45, 7) is 7.99. The van der Waals surface area contributed by atoms with Crippen LogP contribution in [0.25, 0.3) is 0 Å². The van der Waals surface area contributed by atoms with Gasteiger partial charge in [0.05, 0.1) is 18.0 Å². The maximum Gasteiger partial charge on any atom is 0.251 e. The van der Waals surface area contributed by atoms with Crippen molar-refractivity contribution < 1.29 is 13.2 Å². The Bertz CT molecular complexity index is 888. The summed E-state index contributed by atoms with van der Waals surface area (Å²) in [4.78, 5) is 12.5. The van der Waals surface area contributed by atoms with E-state index in [1.54, 1.807) is 25.1 Å². The van der Waals surface area contributed by atoms with Crippen molar-refractivity contribution in [2.45, 2.75) is 39.7 Å². The second kappa shape index (κ2) is 7.91. The molecule has 6 heteroatoms. The lowest BCUT2D eigenvalue weighted by atomic mass is 9.99. The highest BCUT2D eigenvalue weighted by molar-refractivity contribution is 7.92. The van der Waals surface area contributed by atoms with E-state index in [4.69, 9.17) is 0 Å². The van der Waals surface area contributed by atoms with Gasteiger partial charge in [-0.15, -0.1) is 0 Å². The van der Waals surface area contributed by atoms with E-state index in [-0.39, 0.29) is 11.9 Å². The standard InChI is InChI=1S/C20H26N2O3S/c1-13(2)16-8-10-17(11-9-16)15(4)21-20(23)18-7-6-14(3)19(12-18)22-26(5,24)25/h6-13,15,22H,1-5H3,(H,21,23)/t15-/m1/s1. The van der Waals surface area contributed by atoms with Gasteiger partial charge < -0.3 is 5.32 Å². The van der Waals surface area contributed by atoms with Crippen LogP contribution in [0.2, 0.25) is 0 Å². The lowest BCUT2D eigenvalue weighted by molar-refractivity contribution is 0.0940. The predicted molar refractivity (Wildman–Crippen MR) is 106 cm³/mol. The Morgan fingerprint density at radius 1 is 0.962 bits per heavy atom. The van der Waals surface area contributed by atoms with E-state index >= 15 is 0 Å². The van der Waals surface area contributed by atoms with E-state index in [0.29, 0.717) is 17.2 Å². The van der Waals surface area contributed by atoms with Crippen molar-refractivity contribution in [2.75, 3.05) is 11.0 Å². The van der Waals surface area contributed by atoms with Crippen LogP contribution in [0.1, 0.15) is 59.8 Å². The molecule has 2 aromatic carbocycles. The van der Waals surface area contributed by atoms with Gasteiger partial charge in [-0.05, 0) is 48.6 Å². The summed E-state index contributed by atoms with van der Waals surface area (Å²) in [6.07, 6.45) is 1.09. The minimum Gasteiger partial charge on any atom is -0.346 e. The van der Waals surface area contributed by atoms with E-state index in [9.17, 15) is 13.2 Å². The second-order valence-corrected chi connectivity index (χ2v) is 8.67. The Hall–Kier alpha value is -2.34. The van der Waals surface area contributed by atoms with Crippen LogP contribution in [0, 0.1) is 6.92 Å². The third-order valence-corrected chi connectivity index (χ3v) is 4.84. The molecule has 2 N–H and O–H groups in total. The van der Waals surface area contributed by atoms with Gasteiger partial charge in [-0.25, -0.2) is 8.42 Å². The van der Waals surface area contributed by atoms with Crippen LogP contribution >= 0.6 is 0 Å². The number of carbonyl (C=O) groups is 1. The molecular weight excluding hydrogens is 348 g/mol. The summed E-state index contributed by atoms with van der Waals surface area (Å²) >= 11 is 0. The number of aryl methyl sites for hydroxylation is 1. The van der Waals surface area contributed by atoms with E-state index in [0.717, 1.165) is 17.4 Å². The first-order chi connectivity index (χ1) is 12.1. The molecule has 2 rings (SSSR count). The number of carbonyl (C=O) groups excluding carboxylic acids is 1. The minimum atomic E-state index is -3.40. The fraction of sp³-hybridized carbons (Fsp3) is 0.350. The molecule has 0 aliphatic rings. The summed E-state index contributed by atoms with van der Waals surface area (Å²) in [6, 6.07) is 13.0. The SMILES string of the molecule is Cc1ccc(C(=O)N[C@H](C)c2ccc(C(C)C)cc2)cc1NS(C)(=O)=O. The van der Waals surface area contributed by atoms with Crippen molar-refractivity contribution in [3.05, 3.63) is 64.7 Å². The molecule has 0 bridgehead atoms. The zero-order valence-corrected chi connectivity index (χ0v) is 16.6. The lowest BCUT2D eigenvalue weighted by Gasteiger charge is -2.16. The number of rotatable bonds is 6. The van der Waals surface area contributed by atoms with Crippen LogP contribution in [0.3, 0.4) is 0 Å². The molecule has 0 saturated carbocycles. The molecule has 0 aliphatic heterocycles. The van der Waals surface area contributed by atoms with Gasteiger partial charge in [-0.1, -0.05) is 44.2 Å². The Kier molecular flexibility index (Phi) is 6.08. The molecule has 0 fully saturated rings. The first-order valence-electron chi connectivity index (χ1n) is 8.56. The van der Waals surface area contributed by atoms with Crippen LogP contribution in [0.5, 0.6) is 0 Å². The predicted octanol–water partition coefficient (Wildman–Crippen LogP) is 3.98. The molecule has 0 heterocycles. The molecule has 5 nitrogen and oxygen atoms in total. The third kappa shape index (κ3) is 5.33. The zero-order chi connectivity index (χ0) is 19.5. The van der Waals surface area contributed by atoms with Crippen LogP contribution in [0.4, 0.5) is 5.69 Å². The topological polar surface area (TPSA) is 75.3 Å². The van der Waals surface area contributed by atoms with Crippen LogP contribution in [0.15, 0.2) is 42.5 Å². The van der Waals surface area contributed by atoms with E-state index < -0.39 is 10.0 Å². The zero-order valence-electron chi connectivity index (χ0n) is 15.8. The second-order valence-electron chi connectivity index (χ2n) is 6.92. The molecule has 0 radical (unpaired) electrons. The maximum absolute atomic E-state index is 12.5. The van der Waals surface area contributed by atoms with Crippen molar-refractivity contribution in [1.82, 2.24) is 5.32 Å². The van der Waals surface area contributed by atoms with Gasteiger partial charge in [0.1, 0.15) is 0 Å². The Balaban J connectivity index is 2.15. The summed E-state index contributed by atoms with van der Waals surface area (Å²) in [5.41, 5.74) is 3.84. The van der Waals surface area contributed by atoms with E-state index in [1.165, 1.54) is 5.56 Å². The van der Waals surface area contributed by atoms with Crippen molar-refractivity contribution in [3.8, 4) is 0 Å². The fourth-order valence-electron chi connectivity index (χ4n) is 2.61. The molecular formula is C20H26N2O3S. The Morgan fingerprint density at radius 3 is 2.08 bits per heavy atom. The van der Waals surface area contributed by atoms with Gasteiger partial charge in [0.2, 0.25) is 10.0 Å². The van der Waals surface area contributed by atoms with Gasteiger partial charge in [-0.2, -0.15) is 0 Å². The average Bonchev–Trinajstić information content (AvgIpc) is 2.55. The van der Waals surface area contributed by atoms with Gasteiger partial charge in [-0.3, -0.25) is 9.52 Å². The molecule has 0 spiro atoms. The van der Waals surface area contributed by atoms with Crippen LogP contribution < -0.4 is 10.0 Å². The van der Waals surface area contributed by atoms with Crippen LogP contribution in [-0.4, -0.2) is 20.6 Å². The van der Waals surface area contributed by atoms with Gasteiger partial charge in [0.25, 0.3) is 5.91 Å². The van der Waals surface area contributed by atoms with Gasteiger partial charge >= 0.3 is 0 Å². The van der Waals surface area contributed by atoms with E-state index in [1.807, 2.05) is 19.1 Å². The van der Waals surface area contributed by atoms with Crippen LogP contribution in [-0.2, 0) is 10.0 Å². The Labute approximate surface area is 155 Å². The molecule has 0 saturated heterocycles. The number of anilines is 1. The first-order valence-corrected chi connectivity index (χ1v) is 10.4. The first kappa shape index (κ1) is 20.0. The summed E-state index contributed by atoms with van der Waals surface area (Å²) in [7, 11) is -3.40. The smallest absolute Gasteiger partial charge is 0.251 e. The largest absolute Gasteiger partial charge is 0.346 e. The maximum atomic E-state index is 12.5. The molecule has 0 unspecified atom stereocenters. The average molecular weight is 375 g/mol. The van der Waals surface area contributed by atoms with Crippen molar-refractivity contribution in [2.24, 2.45) is 0 Å². The Morgan fingerprint density at radius 2 is 1.54 bits per heavy atom. The van der Waals surface area contributed by atoms with E-state index in [2.05, 4.69) is 36.0 Å². The van der Waals surface area contributed by atoms with Crippen molar-refractivity contribution in [3.63, 3.8) is 0 Å². The summed E-state index contributed by atoms with van der Waals surface area (Å²) in [5.74, 6) is 0.212. The highest BCUT2D eigenvalue weighted by atomic mass is 32.2. The van der Waals surface area contributed by atoms with Gasteiger partial charge in [0, 0.05) is 5.56 Å². The van der Waals surface area contributed by atoms with Crippen molar-refractivity contribution >= 4 is 21.6 Å². The molecule has 140 valence electrons. The highest BCUT2D eigenvalue weighted by Crippen LogP contribution is 2.21. The monoisotopic (exact) mass is 374 g/mol. The molecule has 0 aromatic heterocycles. The fourth-order valence-corrected chi connectivity index (χ4v) is 3.23. The third-order valence-electron chi connectivity index (χ3n) is 4.25. The molecule has 1 amide bonds.